The smallest absolute Gasteiger partial charge is 0.333 e. The molecule has 0 aromatic carbocycles. The summed E-state index contributed by atoms with van der Waals surface area (Å²) in [5.41, 5.74) is 2.10. The molecule has 0 fully saturated rings. The van der Waals surface area contributed by atoms with Crippen LogP contribution in [0.15, 0.2) is 11.1 Å². The Morgan fingerprint density at radius 1 is 1.42 bits per heavy atom. The van der Waals surface area contributed by atoms with E-state index in [9.17, 15) is 4.79 Å². The molecule has 0 aromatic rings. The molecule has 0 aliphatic heterocycles. The Bertz CT molecular complexity index is 228. The summed E-state index contributed by atoms with van der Waals surface area (Å²) >= 11 is 0. The van der Waals surface area contributed by atoms with Crippen LogP contribution in [0.4, 0.5) is 0 Å². The summed E-state index contributed by atoms with van der Waals surface area (Å²) < 4.78 is 4.73. The van der Waals surface area contributed by atoms with E-state index >= 15 is 0 Å². The van der Waals surface area contributed by atoms with Crippen molar-refractivity contribution in [1.29, 1.82) is 0 Å². The molecule has 0 radical (unpaired) electrons. The molecule has 0 saturated heterocycles. The highest BCUT2D eigenvalue weighted by Gasteiger charge is 2.30. The monoisotopic (exact) mass is 168 g/mol. The normalized spacial score (nSPS) is 29.3. The number of rotatable bonds is 1. The Labute approximate surface area is 73.6 Å². The van der Waals surface area contributed by atoms with Gasteiger partial charge in [0.25, 0.3) is 0 Å². The van der Waals surface area contributed by atoms with E-state index < -0.39 is 0 Å². The maximum atomic E-state index is 11.3. The van der Waals surface area contributed by atoms with Crippen LogP contribution in [0.1, 0.15) is 27.2 Å². The number of carbonyl (C=O) groups excluding carboxylic acids is 1. The van der Waals surface area contributed by atoms with Gasteiger partial charge < -0.3 is 4.74 Å². The zero-order valence-electron chi connectivity index (χ0n) is 8.18. The molecule has 0 amide bonds. The predicted molar refractivity (Wildman–Crippen MR) is 47.7 cm³/mol. The highest BCUT2D eigenvalue weighted by molar-refractivity contribution is 5.90. The quantitative estimate of drug-likeness (QED) is 0.561. The molecule has 68 valence electrons. The highest BCUT2D eigenvalue weighted by Crippen LogP contribution is 2.36. The number of methoxy groups -OCH3 is 1. The van der Waals surface area contributed by atoms with E-state index in [0.29, 0.717) is 11.8 Å². The minimum Gasteiger partial charge on any atom is -0.466 e. The fourth-order valence-electron chi connectivity index (χ4n) is 1.95. The van der Waals surface area contributed by atoms with Gasteiger partial charge in [0, 0.05) is 5.57 Å². The molecule has 12 heavy (non-hydrogen) atoms. The molecule has 0 N–H and O–H groups in total. The van der Waals surface area contributed by atoms with Crippen LogP contribution in [-0.2, 0) is 9.53 Å². The number of esters is 1. The summed E-state index contributed by atoms with van der Waals surface area (Å²) in [5.74, 6) is 0.755. The zero-order chi connectivity index (χ0) is 9.30. The van der Waals surface area contributed by atoms with Gasteiger partial charge in [0.1, 0.15) is 0 Å². The van der Waals surface area contributed by atoms with Gasteiger partial charge in [-0.1, -0.05) is 19.4 Å². The zero-order valence-corrected chi connectivity index (χ0v) is 8.18. The van der Waals surface area contributed by atoms with Gasteiger partial charge in [0.05, 0.1) is 7.11 Å². The molecule has 0 bridgehead atoms. The third kappa shape index (κ3) is 1.38. The van der Waals surface area contributed by atoms with Crippen LogP contribution >= 0.6 is 0 Å². The van der Waals surface area contributed by atoms with E-state index in [-0.39, 0.29) is 5.97 Å². The molecule has 2 heteroatoms. The highest BCUT2D eigenvalue weighted by atomic mass is 16.5. The molecular formula is C10H16O2. The van der Waals surface area contributed by atoms with E-state index in [1.165, 1.54) is 12.7 Å². The second kappa shape index (κ2) is 3.30. The molecule has 1 aliphatic carbocycles. The van der Waals surface area contributed by atoms with Gasteiger partial charge in [0.2, 0.25) is 0 Å². The summed E-state index contributed by atoms with van der Waals surface area (Å²) in [7, 11) is 1.44. The Morgan fingerprint density at radius 2 is 2.00 bits per heavy atom. The minimum absolute atomic E-state index is 0.149. The first-order valence-electron chi connectivity index (χ1n) is 4.37. The summed E-state index contributed by atoms with van der Waals surface area (Å²) in [4.78, 5) is 11.3. The van der Waals surface area contributed by atoms with Gasteiger partial charge in [-0.15, -0.1) is 0 Å². The lowest BCUT2D eigenvalue weighted by Gasteiger charge is -2.06. The van der Waals surface area contributed by atoms with Gasteiger partial charge in [-0.05, 0) is 25.2 Å². The van der Waals surface area contributed by atoms with E-state index in [1.54, 1.807) is 0 Å². The van der Waals surface area contributed by atoms with E-state index in [1.807, 2.05) is 6.92 Å². The first-order chi connectivity index (χ1) is 5.57. The van der Waals surface area contributed by atoms with Gasteiger partial charge in [-0.3, -0.25) is 0 Å². The van der Waals surface area contributed by atoms with Crippen LogP contribution in [-0.4, -0.2) is 13.1 Å². The molecule has 0 saturated carbocycles. The number of allylic oxidation sites excluding steroid dienone is 1. The van der Waals surface area contributed by atoms with E-state index in [2.05, 4.69) is 13.8 Å². The predicted octanol–water partition coefficient (Wildman–Crippen LogP) is 2.15. The fraction of sp³-hybridized carbons (Fsp3) is 0.700. The van der Waals surface area contributed by atoms with Crippen LogP contribution in [0.5, 0.6) is 0 Å². The van der Waals surface area contributed by atoms with Crippen LogP contribution in [0, 0.1) is 11.8 Å². The summed E-state index contributed by atoms with van der Waals surface area (Å²) in [6.07, 6.45) is 1.08. The molecule has 2 nitrogen and oxygen atoms in total. The van der Waals surface area contributed by atoms with Gasteiger partial charge >= 0.3 is 5.97 Å². The SMILES string of the molecule is COC(=O)C1=C(C)C(C)CC1C. The van der Waals surface area contributed by atoms with Crippen LogP contribution < -0.4 is 0 Å². The molecule has 0 aromatic heterocycles. The first-order valence-corrected chi connectivity index (χ1v) is 4.37. The van der Waals surface area contributed by atoms with Crippen molar-refractivity contribution in [1.82, 2.24) is 0 Å². The Kier molecular flexibility index (Phi) is 2.55. The van der Waals surface area contributed by atoms with Crippen molar-refractivity contribution >= 4 is 5.97 Å². The second-order valence-electron chi connectivity index (χ2n) is 3.63. The third-order valence-corrected chi connectivity index (χ3v) is 2.77. The third-order valence-electron chi connectivity index (χ3n) is 2.77. The number of hydrogen-bond donors (Lipinski definition) is 0. The largest absolute Gasteiger partial charge is 0.466 e. The van der Waals surface area contributed by atoms with E-state index in [4.69, 9.17) is 4.74 Å². The van der Waals surface area contributed by atoms with Crippen molar-refractivity contribution in [2.75, 3.05) is 7.11 Å². The maximum absolute atomic E-state index is 11.3. The molecule has 1 aliphatic rings. The molecule has 1 rings (SSSR count). The summed E-state index contributed by atoms with van der Waals surface area (Å²) in [6, 6.07) is 0. The van der Waals surface area contributed by atoms with Crippen LogP contribution in [0.2, 0.25) is 0 Å². The maximum Gasteiger partial charge on any atom is 0.333 e. The molecular weight excluding hydrogens is 152 g/mol. The van der Waals surface area contributed by atoms with Crippen molar-refractivity contribution in [3.8, 4) is 0 Å². The average molecular weight is 168 g/mol. The Hall–Kier alpha value is -0.790. The lowest BCUT2D eigenvalue weighted by Crippen LogP contribution is -2.09. The van der Waals surface area contributed by atoms with Crippen molar-refractivity contribution in [3.05, 3.63) is 11.1 Å². The second-order valence-corrected chi connectivity index (χ2v) is 3.63. The van der Waals surface area contributed by atoms with Gasteiger partial charge in [-0.25, -0.2) is 4.79 Å². The fourth-order valence-corrected chi connectivity index (χ4v) is 1.95. The lowest BCUT2D eigenvalue weighted by atomic mass is 10.0. The van der Waals surface area contributed by atoms with Gasteiger partial charge in [-0.2, -0.15) is 0 Å². The topological polar surface area (TPSA) is 26.3 Å². The van der Waals surface area contributed by atoms with Crippen molar-refractivity contribution in [3.63, 3.8) is 0 Å². The lowest BCUT2D eigenvalue weighted by molar-refractivity contribution is -0.136. The average Bonchev–Trinajstić information content (AvgIpc) is 2.26. The van der Waals surface area contributed by atoms with Gasteiger partial charge in [0.15, 0.2) is 0 Å². The number of hydrogen-bond acceptors (Lipinski definition) is 2. The van der Waals surface area contributed by atoms with Crippen molar-refractivity contribution in [2.45, 2.75) is 27.2 Å². The minimum atomic E-state index is -0.149. The molecule has 2 atom stereocenters. The van der Waals surface area contributed by atoms with Crippen LogP contribution in [0.25, 0.3) is 0 Å². The Morgan fingerprint density at radius 3 is 2.33 bits per heavy atom. The Balaban J connectivity index is 2.92. The number of carbonyl (C=O) groups is 1. The standard InChI is InChI=1S/C10H16O2/c1-6-5-7(2)9(8(6)3)10(11)12-4/h6-7H,5H2,1-4H3. The van der Waals surface area contributed by atoms with Crippen molar-refractivity contribution < 1.29 is 9.53 Å². The first kappa shape index (κ1) is 9.30. The molecule has 2 unspecified atom stereocenters. The molecule has 0 heterocycles. The van der Waals surface area contributed by atoms with Crippen LogP contribution in [0.3, 0.4) is 0 Å². The number of ether oxygens (including phenoxy) is 1. The van der Waals surface area contributed by atoms with Crippen molar-refractivity contribution in [2.24, 2.45) is 11.8 Å². The molecule has 0 spiro atoms. The summed E-state index contributed by atoms with van der Waals surface area (Å²) in [6.45, 7) is 6.27. The summed E-state index contributed by atoms with van der Waals surface area (Å²) in [5, 5.41) is 0. The van der Waals surface area contributed by atoms with E-state index in [0.717, 1.165) is 12.0 Å².